The van der Waals surface area contributed by atoms with Crippen molar-refractivity contribution >= 4 is 29.1 Å². The van der Waals surface area contributed by atoms with E-state index >= 15 is 0 Å². The van der Waals surface area contributed by atoms with Crippen LogP contribution < -0.4 is 10.6 Å². The van der Waals surface area contributed by atoms with Crippen LogP contribution in [0.25, 0.3) is 0 Å². The third-order valence-corrected chi connectivity index (χ3v) is 2.78. The Morgan fingerprint density at radius 1 is 1.32 bits per heavy atom. The maximum Gasteiger partial charge on any atom is 0.324 e. The fourth-order valence-corrected chi connectivity index (χ4v) is 1.73. The Morgan fingerprint density at radius 2 is 2.11 bits per heavy atom. The van der Waals surface area contributed by atoms with Crippen LogP contribution in [0.4, 0.5) is 16.3 Å². The van der Waals surface area contributed by atoms with Crippen LogP contribution in [0.5, 0.6) is 0 Å². The first-order valence-electron chi connectivity index (χ1n) is 5.93. The minimum Gasteiger partial charge on any atom is -0.308 e. The number of carbonyl (C=O) groups is 1. The van der Waals surface area contributed by atoms with Crippen molar-refractivity contribution in [1.29, 1.82) is 0 Å². The molecule has 1 aromatic heterocycles. The van der Waals surface area contributed by atoms with Gasteiger partial charge in [-0.3, -0.25) is 10.4 Å². The lowest BCUT2D eigenvalue weighted by Gasteiger charge is -2.05. The molecule has 0 saturated carbocycles. The highest BCUT2D eigenvalue weighted by atomic mass is 35.5. The Labute approximate surface area is 116 Å². The third-order valence-electron chi connectivity index (χ3n) is 2.54. The normalized spacial score (nSPS) is 10.5. The smallest absolute Gasteiger partial charge is 0.308 e. The zero-order chi connectivity index (χ0) is 13.8. The molecular weight excluding hydrogens is 264 g/mol. The summed E-state index contributed by atoms with van der Waals surface area (Å²) in [6.45, 7) is 4.09. The minimum absolute atomic E-state index is 0.332. The van der Waals surface area contributed by atoms with Gasteiger partial charge in [-0.15, -0.1) is 0 Å². The first-order chi connectivity index (χ1) is 9.04. The number of benzene rings is 1. The summed E-state index contributed by atoms with van der Waals surface area (Å²) < 4.78 is 0. The number of amides is 2. The average molecular weight is 279 g/mol. The van der Waals surface area contributed by atoms with Crippen molar-refractivity contribution < 1.29 is 4.79 Å². The highest BCUT2D eigenvalue weighted by molar-refractivity contribution is 6.30. The van der Waals surface area contributed by atoms with Crippen LogP contribution in [0, 0.1) is 0 Å². The predicted octanol–water partition coefficient (Wildman–Crippen LogP) is 3.83. The van der Waals surface area contributed by atoms with Crippen LogP contribution in [0.15, 0.2) is 30.3 Å². The molecule has 100 valence electrons. The van der Waals surface area contributed by atoms with Crippen LogP contribution in [0.3, 0.4) is 0 Å². The van der Waals surface area contributed by atoms with Crippen LogP contribution in [-0.4, -0.2) is 16.2 Å². The van der Waals surface area contributed by atoms with Crippen molar-refractivity contribution in [2.45, 2.75) is 19.8 Å². The van der Waals surface area contributed by atoms with Gasteiger partial charge in [0.05, 0.1) is 0 Å². The summed E-state index contributed by atoms with van der Waals surface area (Å²) in [6.07, 6.45) is 0. The van der Waals surface area contributed by atoms with Gasteiger partial charge in [-0.05, 0) is 24.1 Å². The van der Waals surface area contributed by atoms with E-state index in [2.05, 4.69) is 20.8 Å². The molecule has 5 nitrogen and oxygen atoms in total. The third kappa shape index (κ3) is 3.72. The van der Waals surface area contributed by atoms with E-state index in [1.807, 2.05) is 19.9 Å². The Kier molecular flexibility index (Phi) is 4.06. The van der Waals surface area contributed by atoms with Crippen molar-refractivity contribution in [2.75, 3.05) is 10.6 Å². The van der Waals surface area contributed by atoms with Gasteiger partial charge in [0.15, 0.2) is 5.82 Å². The van der Waals surface area contributed by atoms with E-state index in [-0.39, 0.29) is 6.03 Å². The summed E-state index contributed by atoms with van der Waals surface area (Å²) in [5, 5.41) is 12.8. The zero-order valence-electron chi connectivity index (χ0n) is 10.7. The summed E-state index contributed by atoms with van der Waals surface area (Å²) in [5.41, 5.74) is 1.60. The number of nitrogens with one attached hydrogen (secondary N) is 3. The number of aromatic amines is 1. The summed E-state index contributed by atoms with van der Waals surface area (Å²) in [4.78, 5) is 11.8. The number of halogens is 1. The van der Waals surface area contributed by atoms with E-state index in [1.54, 1.807) is 24.3 Å². The largest absolute Gasteiger partial charge is 0.324 e. The zero-order valence-corrected chi connectivity index (χ0v) is 11.5. The second-order valence-corrected chi connectivity index (χ2v) is 4.89. The monoisotopic (exact) mass is 278 g/mol. The summed E-state index contributed by atoms with van der Waals surface area (Å²) in [5.74, 6) is 0.822. The Balaban J connectivity index is 1.97. The van der Waals surface area contributed by atoms with Crippen molar-refractivity contribution in [3.05, 3.63) is 41.0 Å². The van der Waals surface area contributed by atoms with Gasteiger partial charge >= 0.3 is 6.03 Å². The molecule has 0 fully saturated rings. The molecule has 2 aromatic rings. The summed E-state index contributed by atoms with van der Waals surface area (Å²) in [7, 11) is 0. The van der Waals surface area contributed by atoms with Crippen LogP contribution in [0.1, 0.15) is 25.5 Å². The first-order valence-corrected chi connectivity index (χ1v) is 6.31. The fourth-order valence-electron chi connectivity index (χ4n) is 1.54. The number of hydrogen-bond acceptors (Lipinski definition) is 2. The molecule has 2 amide bonds. The van der Waals surface area contributed by atoms with E-state index in [0.29, 0.717) is 22.4 Å². The highest BCUT2D eigenvalue weighted by Gasteiger charge is 2.08. The molecule has 0 atom stereocenters. The Bertz CT molecular complexity index is 580. The molecule has 0 bridgehead atoms. The number of hydrogen-bond donors (Lipinski definition) is 3. The lowest BCUT2D eigenvalue weighted by molar-refractivity contribution is 0.262. The van der Waals surface area contributed by atoms with Gasteiger partial charge in [0.25, 0.3) is 0 Å². The van der Waals surface area contributed by atoms with E-state index in [4.69, 9.17) is 11.6 Å². The summed E-state index contributed by atoms with van der Waals surface area (Å²) in [6, 6.07) is 8.39. The van der Waals surface area contributed by atoms with Gasteiger partial charge in [-0.25, -0.2) is 4.79 Å². The molecule has 0 aliphatic rings. The van der Waals surface area contributed by atoms with Gasteiger partial charge in [0.1, 0.15) is 0 Å². The first kappa shape index (κ1) is 13.4. The molecule has 0 spiro atoms. The predicted molar refractivity (Wildman–Crippen MR) is 76.8 cm³/mol. The van der Waals surface area contributed by atoms with Crippen molar-refractivity contribution in [3.63, 3.8) is 0 Å². The van der Waals surface area contributed by atoms with Crippen LogP contribution in [0.2, 0.25) is 5.02 Å². The molecule has 0 unspecified atom stereocenters. The molecule has 1 aromatic carbocycles. The SMILES string of the molecule is CC(C)c1cc(NC(=O)Nc2cccc(Cl)c2)n[nH]1. The van der Waals surface area contributed by atoms with Gasteiger partial charge in [-0.2, -0.15) is 5.10 Å². The topological polar surface area (TPSA) is 69.8 Å². The van der Waals surface area contributed by atoms with Gasteiger partial charge in [-0.1, -0.05) is 31.5 Å². The molecule has 0 saturated heterocycles. The number of H-pyrrole nitrogens is 1. The van der Waals surface area contributed by atoms with E-state index in [9.17, 15) is 4.79 Å². The molecule has 3 N–H and O–H groups in total. The number of aromatic nitrogens is 2. The molecule has 1 heterocycles. The van der Waals surface area contributed by atoms with Crippen molar-refractivity contribution in [2.24, 2.45) is 0 Å². The molecule has 0 aliphatic carbocycles. The van der Waals surface area contributed by atoms with Crippen molar-refractivity contribution in [1.82, 2.24) is 10.2 Å². The van der Waals surface area contributed by atoms with Crippen LogP contribution >= 0.6 is 11.6 Å². The molecular formula is C13H15ClN4O. The average Bonchev–Trinajstić information content (AvgIpc) is 2.77. The van der Waals surface area contributed by atoms with Crippen molar-refractivity contribution in [3.8, 4) is 0 Å². The lowest BCUT2D eigenvalue weighted by atomic mass is 10.1. The maximum atomic E-state index is 11.8. The second kappa shape index (κ2) is 5.75. The van der Waals surface area contributed by atoms with Crippen LogP contribution in [-0.2, 0) is 0 Å². The molecule has 0 aliphatic heterocycles. The van der Waals surface area contributed by atoms with Gasteiger partial charge in [0.2, 0.25) is 0 Å². The standard InChI is InChI=1S/C13H15ClN4O/c1-8(2)11-7-12(18-17-11)16-13(19)15-10-5-3-4-9(14)6-10/h3-8H,1-2H3,(H3,15,16,17,18,19). The number of anilines is 2. The maximum absolute atomic E-state index is 11.8. The summed E-state index contributed by atoms with van der Waals surface area (Å²) >= 11 is 5.84. The van der Waals surface area contributed by atoms with E-state index < -0.39 is 0 Å². The molecule has 19 heavy (non-hydrogen) atoms. The van der Waals surface area contributed by atoms with E-state index in [0.717, 1.165) is 5.69 Å². The van der Waals surface area contributed by atoms with E-state index in [1.165, 1.54) is 0 Å². The lowest BCUT2D eigenvalue weighted by Crippen LogP contribution is -2.19. The quantitative estimate of drug-likeness (QED) is 0.798. The number of nitrogens with zero attached hydrogens (tertiary/aromatic N) is 1. The number of rotatable bonds is 3. The highest BCUT2D eigenvalue weighted by Crippen LogP contribution is 2.17. The minimum atomic E-state index is -0.357. The Morgan fingerprint density at radius 3 is 2.74 bits per heavy atom. The molecule has 6 heteroatoms. The number of carbonyl (C=O) groups excluding carboxylic acids is 1. The van der Waals surface area contributed by atoms with Gasteiger partial charge < -0.3 is 5.32 Å². The fraction of sp³-hybridized carbons (Fsp3) is 0.231. The number of urea groups is 1. The molecule has 2 rings (SSSR count). The molecule has 0 radical (unpaired) electrons. The second-order valence-electron chi connectivity index (χ2n) is 4.45. The van der Waals surface area contributed by atoms with Gasteiger partial charge in [0, 0.05) is 22.5 Å². The Hall–Kier alpha value is -2.01.